The quantitative estimate of drug-likeness (QED) is 0.747. The van der Waals surface area contributed by atoms with Crippen LogP contribution in [0.2, 0.25) is 0 Å². The number of carbonyl (C=O) groups excluding carboxylic acids is 1. The number of hydrogen-bond donors (Lipinski definition) is 3. The molecule has 1 saturated heterocycles. The Bertz CT molecular complexity index is 345. The number of carbonyl (C=O) groups is 1. The fourth-order valence-electron chi connectivity index (χ4n) is 3.18. The zero-order valence-electron chi connectivity index (χ0n) is 12.7. The second-order valence-corrected chi connectivity index (χ2v) is 8.54. The molecule has 2 amide bonds. The van der Waals surface area contributed by atoms with Gasteiger partial charge >= 0.3 is 6.03 Å². The molecule has 1 saturated carbocycles. The van der Waals surface area contributed by atoms with Gasteiger partial charge in [0.15, 0.2) is 0 Å². The molecule has 0 spiro atoms. The van der Waals surface area contributed by atoms with Crippen LogP contribution in [-0.4, -0.2) is 40.8 Å². The van der Waals surface area contributed by atoms with E-state index in [1.807, 2.05) is 11.8 Å². The Morgan fingerprint density at radius 1 is 1.20 bits per heavy atom. The fraction of sp³-hybridized carbons (Fsp3) is 0.933. The molecule has 1 heterocycles. The summed E-state index contributed by atoms with van der Waals surface area (Å²) < 4.78 is 0.200. The molecule has 5 heteroatoms. The van der Waals surface area contributed by atoms with Crippen molar-refractivity contribution in [2.24, 2.45) is 5.41 Å². The van der Waals surface area contributed by atoms with Crippen molar-refractivity contribution in [2.45, 2.75) is 63.2 Å². The lowest BCUT2D eigenvalue weighted by Crippen LogP contribution is -2.49. The summed E-state index contributed by atoms with van der Waals surface area (Å²) >= 11 is 1.95. The number of amides is 2. The number of urea groups is 1. The van der Waals surface area contributed by atoms with Crippen LogP contribution >= 0.6 is 11.8 Å². The molecule has 2 fully saturated rings. The zero-order valence-corrected chi connectivity index (χ0v) is 13.5. The topological polar surface area (TPSA) is 61.4 Å². The lowest BCUT2D eigenvalue weighted by molar-refractivity contribution is 0.00309. The summed E-state index contributed by atoms with van der Waals surface area (Å²) in [5, 5.41) is 16.0. The number of rotatable bonds is 4. The first-order valence-electron chi connectivity index (χ1n) is 7.77. The molecule has 1 aliphatic carbocycles. The van der Waals surface area contributed by atoms with Crippen molar-refractivity contribution < 1.29 is 9.90 Å². The van der Waals surface area contributed by atoms with Gasteiger partial charge in [-0.15, -0.1) is 0 Å². The Morgan fingerprint density at radius 2 is 1.95 bits per heavy atom. The minimum atomic E-state index is -0.292. The second-order valence-electron chi connectivity index (χ2n) is 6.85. The molecule has 0 aromatic carbocycles. The molecule has 116 valence electrons. The average molecular weight is 300 g/mol. The highest BCUT2D eigenvalue weighted by atomic mass is 32.2. The lowest BCUT2D eigenvalue weighted by atomic mass is 9.73. The lowest BCUT2D eigenvalue weighted by Gasteiger charge is -2.38. The van der Waals surface area contributed by atoms with Crippen molar-refractivity contribution in [3.63, 3.8) is 0 Å². The summed E-state index contributed by atoms with van der Waals surface area (Å²) in [5.74, 6) is 1.20. The van der Waals surface area contributed by atoms with Crippen LogP contribution in [-0.2, 0) is 0 Å². The van der Waals surface area contributed by atoms with Crippen LogP contribution in [0.15, 0.2) is 0 Å². The number of hydrogen-bond acceptors (Lipinski definition) is 3. The predicted octanol–water partition coefficient (Wildman–Crippen LogP) is 2.51. The van der Waals surface area contributed by atoms with Gasteiger partial charge in [0.25, 0.3) is 0 Å². The van der Waals surface area contributed by atoms with E-state index in [2.05, 4.69) is 24.5 Å². The highest BCUT2D eigenvalue weighted by Gasteiger charge is 2.36. The van der Waals surface area contributed by atoms with Gasteiger partial charge in [-0.1, -0.05) is 19.8 Å². The molecule has 0 bridgehead atoms. The van der Waals surface area contributed by atoms with Crippen molar-refractivity contribution in [1.82, 2.24) is 10.6 Å². The SMILES string of the molecule is CC1(CNC(=O)NCC2(C)CCCCC2O)CCCS1. The van der Waals surface area contributed by atoms with Crippen LogP contribution in [0.5, 0.6) is 0 Å². The standard InChI is InChI=1S/C15H28N2O2S/c1-14(7-4-3-6-12(14)18)10-16-13(19)17-11-15(2)8-5-9-20-15/h12,18H,3-11H2,1-2H3,(H2,16,17,19). The van der Waals surface area contributed by atoms with Crippen molar-refractivity contribution in [3.8, 4) is 0 Å². The van der Waals surface area contributed by atoms with Crippen LogP contribution in [0.1, 0.15) is 52.4 Å². The first kappa shape index (κ1) is 16.0. The van der Waals surface area contributed by atoms with E-state index in [0.29, 0.717) is 6.54 Å². The molecular weight excluding hydrogens is 272 g/mol. The van der Waals surface area contributed by atoms with Crippen molar-refractivity contribution in [2.75, 3.05) is 18.8 Å². The monoisotopic (exact) mass is 300 g/mol. The second kappa shape index (κ2) is 6.56. The third-order valence-electron chi connectivity index (χ3n) is 4.86. The number of nitrogens with one attached hydrogen (secondary N) is 2. The van der Waals surface area contributed by atoms with Crippen LogP contribution in [0.25, 0.3) is 0 Å². The molecule has 4 nitrogen and oxygen atoms in total. The summed E-state index contributed by atoms with van der Waals surface area (Å²) in [6.07, 6.45) is 6.21. The van der Waals surface area contributed by atoms with Gasteiger partial charge in [0.1, 0.15) is 0 Å². The fourth-order valence-corrected chi connectivity index (χ4v) is 4.42. The summed E-state index contributed by atoms with van der Waals surface area (Å²) in [7, 11) is 0. The maximum Gasteiger partial charge on any atom is 0.314 e. The molecule has 2 aliphatic rings. The molecule has 1 aliphatic heterocycles. The predicted molar refractivity (Wildman–Crippen MR) is 84.1 cm³/mol. The molecule has 20 heavy (non-hydrogen) atoms. The number of aliphatic hydroxyl groups excluding tert-OH is 1. The average Bonchev–Trinajstić information content (AvgIpc) is 2.85. The Labute approximate surface area is 126 Å². The Balaban J connectivity index is 1.71. The molecule has 0 radical (unpaired) electrons. The van der Waals surface area contributed by atoms with Crippen molar-refractivity contribution in [3.05, 3.63) is 0 Å². The van der Waals surface area contributed by atoms with Crippen molar-refractivity contribution in [1.29, 1.82) is 0 Å². The van der Waals surface area contributed by atoms with Gasteiger partial charge in [-0.2, -0.15) is 11.8 Å². The van der Waals surface area contributed by atoms with Gasteiger partial charge in [0.2, 0.25) is 0 Å². The highest BCUT2D eigenvalue weighted by molar-refractivity contribution is 8.00. The maximum atomic E-state index is 11.9. The van der Waals surface area contributed by atoms with Crippen molar-refractivity contribution >= 4 is 17.8 Å². The van der Waals surface area contributed by atoms with Gasteiger partial charge in [-0.3, -0.25) is 0 Å². The van der Waals surface area contributed by atoms with Crippen LogP contribution in [0, 0.1) is 5.41 Å². The summed E-state index contributed by atoms with van der Waals surface area (Å²) in [5.41, 5.74) is -0.165. The van der Waals surface area contributed by atoms with E-state index in [-0.39, 0.29) is 22.3 Å². The summed E-state index contributed by atoms with van der Waals surface area (Å²) in [6.45, 7) is 5.58. The van der Waals surface area contributed by atoms with E-state index >= 15 is 0 Å². The van der Waals surface area contributed by atoms with Gasteiger partial charge in [0, 0.05) is 23.3 Å². The largest absolute Gasteiger partial charge is 0.392 e. The molecule has 0 aromatic rings. The molecule has 3 unspecified atom stereocenters. The van der Waals surface area contributed by atoms with Crippen LogP contribution < -0.4 is 10.6 Å². The van der Waals surface area contributed by atoms with Gasteiger partial charge in [0.05, 0.1) is 6.10 Å². The Morgan fingerprint density at radius 3 is 2.60 bits per heavy atom. The van der Waals surface area contributed by atoms with Gasteiger partial charge in [-0.05, 0) is 38.4 Å². The summed E-state index contributed by atoms with van der Waals surface area (Å²) in [4.78, 5) is 11.9. The van der Waals surface area contributed by atoms with Gasteiger partial charge < -0.3 is 15.7 Å². The number of aliphatic hydroxyl groups is 1. The molecular formula is C15H28N2O2S. The first-order valence-corrected chi connectivity index (χ1v) is 8.76. The van der Waals surface area contributed by atoms with Gasteiger partial charge in [-0.25, -0.2) is 4.79 Å². The van der Waals surface area contributed by atoms with Crippen LogP contribution in [0.4, 0.5) is 4.79 Å². The van der Waals surface area contributed by atoms with E-state index in [9.17, 15) is 9.90 Å². The van der Waals surface area contributed by atoms with E-state index in [1.165, 1.54) is 18.6 Å². The Hall–Kier alpha value is -0.420. The normalized spacial score (nSPS) is 37.6. The number of thioether (sulfide) groups is 1. The Kier molecular flexibility index (Phi) is 5.24. The molecule has 3 N–H and O–H groups in total. The smallest absolute Gasteiger partial charge is 0.314 e. The van der Waals surface area contributed by atoms with E-state index in [4.69, 9.17) is 0 Å². The zero-order chi connectivity index (χ0) is 14.6. The maximum absolute atomic E-state index is 11.9. The molecule has 2 rings (SSSR count). The third-order valence-corrected chi connectivity index (χ3v) is 6.39. The van der Waals surface area contributed by atoms with E-state index < -0.39 is 0 Å². The first-order chi connectivity index (χ1) is 9.44. The van der Waals surface area contributed by atoms with E-state index in [1.54, 1.807) is 0 Å². The minimum absolute atomic E-state index is 0.0993. The summed E-state index contributed by atoms with van der Waals surface area (Å²) in [6, 6.07) is -0.0993. The molecule has 3 atom stereocenters. The minimum Gasteiger partial charge on any atom is -0.392 e. The van der Waals surface area contributed by atoms with Crippen LogP contribution in [0.3, 0.4) is 0 Å². The third kappa shape index (κ3) is 4.04. The molecule has 0 aromatic heterocycles. The highest BCUT2D eigenvalue weighted by Crippen LogP contribution is 2.37. The van der Waals surface area contributed by atoms with E-state index in [0.717, 1.165) is 32.2 Å².